The lowest BCUT2D eigenvalue weighted by Gasteiger charge is -2.29. The average molecular weight is 529 g/mol. The molecule has 4 aromatic rings. The Labute approximate surface area is 234 Å². The molecule has 0 atom stereocenters. The number of carbonyl (C=O) groups is 2. The molecule has 2 heterocycles. The van der Waals surface area contributed by atoms with Crippen LogP contribution in [-0.2, 0) is 17.8 Å². The van der Waals surface area contributed by atoms with E-state index in [2.05, 4.69) is 52.4 Å². The number of amides is 1. The van der Waals surface area contributed by atoms with Crippen molar-refractivity contribution in [1.29, 1.82) is 0 Å². The molecule has 1 amide bonds. The van der Waals surface area contributed by atoms with Crippen LogP contribution in [-0.4, -0.2) is 37.9 Å². The zero-order chi connectivity index (χ0) is 27.5. The van der Waals surface area contributed by atoms with Crippen LogP contribution >= 0.6 is 0 Å². The van der Waals surface area contributed by atoms with E-state index in [0.717, 1.165) is 65.5 Å². The van der Waals surface area contributed by atoms with Crippen molar-refractivity contribution in [3.63, 3.8) is 0 Å². The first-order valence-corrected chi connectivity index (χ1v) is 13.7. The quantitative estimate of drug-likeness (QED) is 0.290. The standard InChI is InChI=1S/C34H32N4O2/c1-2-29(39)20-25-8-14-32-33(21-25)38(23-24-6-4-3-5-7-24)34(40)30-22-27(11-15-31(30)36-32)26-9-12-28(13-10-26)37-18-16-35-17-19-37/h2-15,21-22,35-36H,1,16-20,23H2. The summed E-state index contributed by atoms with van der Waals surface area (Å²) in [6.07, 6.45) is 1.58. The molecule has 40 heavy (non-hydrogen) atoms. The molecule has 1 fully saturated rings. The van der Waals surface area contributed by atoms with E-state index in [0.29, 0.717) is 12.1 Å². The van der Waals surface area contributed by atoms with Crippen molar-refractivity contribution in [2.75, 3.05) is 41.3 Å². The number of fused-ring (bicyclic) bond motifs is 2. The summed E-state index contributed by atoms with van der Waals surface area (Å²) in [7, 11) is 0. The molecular weight excluding hydrogens is 496 g/mol. The molecule has 2 N–H and O–H groups in total. The van der Waals surface area contributed by atoms with Crippen molar-refractivity contribution >= 4 is 34.4 Å². The lowest BCUT2D eigenvalue weighted by Crippen LogP contribution is -2.43. The second-order valence-corrected chi connectivity index (χ2v) is 10.2. The highest BCUT2D eigenvalue weighted by molar-refractivity contribution is 6.14. The van der Waals surface area contributed by atoms with Gasteiger partial charge in [0.15, 0.2) is 5.78 Å². The molecule has 0 aromatic heterocycles. The van der Waals surface area contributed by atoms with Crippen molar-refractivity contribution in [3.05, 3.63) is 120 Å². The maximum absolute atomic E-state index is 14.2. The number of piperazine rings is 1. The fourth-order valence-electron chi connectivity index (χ4n) is 5.41. The lowest BCUT2D eigenvalue weighted by molar-refractivity contribution is -0.114. The summed E-state index contributed by atoms with van der Waals surface area (Å²) < 4.78 is 0. The van der Waals surface area contributed by atoms with Crippen molar-refractivity contribution in [3.8, 4) is 11.1 Å². The molecule has 6 rings (SSSR count). The van der Waals surface area contributed by atoms with Crippen molar-refractivity contribution in [2.24, 2.45) is 0 Å². The Bertz CT molecular complexity index is 1560. The molecule has 4 aromatic carbocycles. The Balaban J connectivity index is 1.36. The Kier molecular flexibility index (Phi) is 7.17. The van der Waals surface area contributed by atoms with Crippen LogP contribution in [0.1, 0.15) is 21.5 Å². The summed E-state index contributed by atoms with van der Waals surface area (Å²) in [4.78, 5) is 30.5. The molecule has 1 saturated heterocycles. The van der Waals surface area contributed by atoms with Gasteiger partial charge >= 0.3 is 0 Å². The number of hydrogen-bond donors (Lipinski definition) is 2. The van der Waals surface area contributed by atoms with Gasteiger partial charge in [0.2, 0.25) is 0 Å². The van der Waals surface area contributed by atoms with E-state index in [9.17, 15) is 9.59 Å². The molecule has 2 aliphatic heterocycles. The van der Waals surface area contributed by atoms with Crippen molar-refractivity contribution in [1.82, 2.24) is 5.32 Å². The molecule has 6 nitrogen and oxygen atoms in total. The molecule has 0 saturated carbocycles. The molecule has 0 radical (unpaired) electrons. The lowest BCUT2D eigenvalue weighted by atomic mass is 10.0. The molecule has 0 unspecified atom stereocenters. The maximum Gasteiger partial charge on any atom is 0.260 e. The van der Waals surface area contributed by atoms with Crippen molar-refractivity contribution in [2.45, 2.75) is 13.0 Å². The second-order valence-electron chi connectivity index (χ2n) is 10.2. The van der Waals surface area contributed by atoms with E-state index in [1.807, 2.05) is 65.6 Å². The summed E-state index contributed by atoms with van der Waals surface area (Å²) in [5.74, 6) is -0.144. The first-order chi connectivity index (χ1) is 19.6. The van der Waals surface area contributed by atoms with Crippen LogP contribution in [0.2, 0.25) is 0 Å². The third kappa shape index (κ3) is 5.26. The minimum atomic E-state index is -0.0865. The number of rotatable bonds is 7. The molecule has 6 heteroatoms. The van der Waals surface area contributed by atoms with Gasteiger partial charge in [-0.2, -0.15) is 0 Å². The third-order valence-electron chi connectivity index (χ3n) is 7.59. The number of nitrogens with one attached hydrogen (secondary N) is 2. The minimum Gasteiger partial charge on any atom is -0.369 e. The highest BCUT2D eigenvalue weighted by atomic mass is 16.2. The largest absolute Gasteiger partial charge is 0.369 e. The van der Waals surface area contributed by atoms with Gasteiger partial charge in [-0.15, -0.1) is 0 Å². The minimum absolute atomic E-state index is 0.0571. The number of ketones is 1. The molecule has 2 aliphatic rings. The summed E-state index contributed by atoms with van der Waals surface area (Å²) in [6, 6.07) is 30.4. The average Bonchev–Trinajstić information content (AvgIpc) is 3.12. The second kappa shape index (κ2) is 11.2. The smallest absolute Gasteiger partial charge is 0.260 e. The maximum atomic E-state index is 14.2. The highest BCUT2D eigenvalue weighted by Crippen LogP contribution is 2.39. The summed E-state index contributed by atoms with van der Waals surface area (Å²) >= 11 is 0. The van der Waals surface area contributed by atoms with E-state index in [4.69, 9.17) is 0 Å². The fourth-order valence-corrected chi connectivity index (χ4v) is 5.41. The van der Waals surface area contributed by atoms with E-state index >= 15 is 0 Å². The zero-order valence-corrected chi connectivity index (χ0v) is 22.4. The Morgan fingerprint density at radius 2 is 1.55 bits per heavy atom. The van der Waals surface area contributed by atoms with Crippen LogP contribution in [0, 0.1) is 0 Å². The van der Waals surface area contributed by atoms with Crippen LogP contribution in [0.25, 0.3) is 11.1 Å². The van der Waals surface area contributed by atoms with E-state index in [1.165, 1.54) is 11.8 Å². The molecule has 0 bridgehead atoms. The fraction of sp³-hybridized carbons (Fsp3) is 0.176. The van der Waals surface area contributed by atoms with Gasteiger partial charge in [0.05, 0.1) is 29.2 Å². The normalized spacial score (nSPS) is 14.6. The third-order valence-corrected chi connectivity index (χ3v) is 7.59. The van der Waals surface area contributed by atoms with Crippen molar-refractivity contribution < 1.29 is 9.59 Å². The van der Waals surface area contributed by atoms with Crippen LogP contribution in [0.4, 0.5) is 22.7 Å². The number of benzene rings is 4. The van der Waals surface area contributed by atoms with Gasteiger partial charge < -0.3 is 20.4 Å². The Morgan fingerprint density at radius 3 is 2.30 bits per heavy atom. The first-order valence-electron chi connectivity index (χ1n) is 13.7. The highest BCUT2D eigenvalue weighted by Gasteiger charge is 2.28. The van der Waals surface area contributed by atoms with Crippen LogP contribution in [0.5, 0.6) is 0 Å². The van der Waals surface area contributed by atoms with Crippen LogP contribution in [0.3, 0.4) is 0 Å². The number of anilines is 4. The monoisotopic (exact) mass is 528 g/mol. The van der Waals surface area contributed by atoms with Gasteiger partial charge in [0.25, 0.3) is 5.91 Å². The van der Waals surface area contributed by atoms with Gasteiger partial charge in [0, 0.05) is 38.3 Å². The Morgan fingerprint density at radius 1 is 0.825 bits per heavy atom. The van der Waals surface area contributed by atoms with Gasteiger partial charge in [-0.1, -0.05) is 61.2 Å². The zero-order valence-electron chi connectivity index (χ0n) is 22.4. The van der Waals surface area contributed by atoms with Gasteiger partial charge in [-0.25, -0.2) is 0 Å². The topological polar surface area (TPSA) is 64.7 Å². The van der Waals surface area contributed by atoms with Gasteiger partial charge in [-0.05, 0) is 64.7 Å². The summed E-state index contributed by atoms with van der Waals surface area (Å²) in [6.45, 7) is 8.00. The molecule has 200 valence electrons. The van der Waals surface area contributed by atoms with E-state index < -0.39 is 0 Å². The predicted octanol–water partition coefficient (Wildman–Crippen LogP) is 5.96. The first kappa shape index (κ1) is 25.6. The van der Waals surface area contributed by atoms with Gasteiger partial charge in [0.1, 0.15) is 0 Å². The molecular formula is C34H32N4O2. The van der Waals surface area contributed by atoms with E-state index in [-0.39, 0.29) is 18.1 Å². The summed E-state index contributed by atoms with van der Waals surface area (Å²) in [5, 5.41) is 6.89. The molecule has 0 spiro atoms. The van der Waals surface area contributed by atoms with Crippen LogP contribution < -0.4 is 20.4 Å². The number of carbonyl (C=O) groups excluding carboxylic acids is 2. The number of nitrogens with zero attached hydrogens (tertiary/aromatic N) is 2. The summed E-state index contributed by atoms with van der Waals surface area (Å²) in [5.41, 5.74) is 8.09. The Hall–Kier alpha value is -4.68. The van der Waals surface area contributed by atoms with E-state index in [1.54, 1.807) is 0 Å². The van der Waals surface area contributed by atoms with Crippen LogP contribution in [0.15, 0.2) is 104 Å². The predicted molar refractivity (Wildman–Crippen MR) is 163 cm³/mol. The number of allylic oxidation sites excluding steroid dienone is 1. The molecule has 0 aliphatic carbocycles. The SMILES string of the molecule is C=CC(=O)Cc1ccc2c(c1)N(Cc1ccccc1)C(=O)c1cc(-c3ccc(N4CCNCC4)cc3)ccc1N2. The number of hydrogen-bond acceptors (Lipinski definition) is 5. The van der Waals surface area contributed by atoms with Gasteiger partial charge in [-0.3, -0.25) is 9.59 Å².